The van der Waals surface area contributed by atoms with E-state index in [0.29, 0.717) is 6.54 Å². The van der Waals surface area contributed by atoms with Gasteiger partial charge in [0.05, 0.1) is 5.60 Å². The normalized spacial score (nSPS) is 23.7. The van der Waals surface area contributed by atoms with Crippen LogP contribution in [0.3, 0.4) is 0 Å². The highest BCUT2D eigenvalue weighted by Crippen LogP contribution is 2.68. The van der Waals surface area contributed by atoms with Crippen molar-refractivity contribution in [1.29, 1.82) is 0 Å². The highest BCUT2D eigenvalue weighted by Gasteiger charge is 2.68. The Labute approximate surface area is 92.3 Å². The number of nitrogens with one attached hydrogen (secondary N) is 1. The summed E-state index contributed by atoms with van der Waals surface area (Å²) in [6, 6.07) is 0. The summed E-state index contributed by atoms with van der Waals surface area (Å²) < 4.78 is 0. The second-order valence-corrected chi connectivity index (χ2v) is 6.41. The second kappa shape index (κ2) is 3.21. The molecular weight excluding hydrogens is 190 g/mol. The molecule has 0 bridgehead atoms. The van der Waals surface area contributed by atoms with Crippen LogP contribution in [-0.2, 0) is 4.79 Å². The van der Waals surface area contributed by atoms with Gasteiger partial charge in [-0.25, -0.2) is 0 Å². The monoisotopic (exact) mass is 213 g/mol. The molecule has 3 heteroatoms. The zero-order chi connectivity index (χ0) is 12.1. The fourth-order valence-electron chi connectivity index (χ4n) is 2.26. The minimum absolute atomic E-state index is 0.0622. The van der Waals surface area contributed by atoms with E-state index in [9.17, 15) is 9.90 Å². The maximum Gasteiger partial charge on any atom is 0.224 e. The van der Waals surface area contributed by atoms with E-state index >= 15 is 0 Å². The van der Waals surface area contributed by atoms with Crippen molar-refractivity contribution in [2.75, 3.05) is 6.54 Å². The summed E-state index contributed by atoms with van der Waals surface area (Å²) in [5.74, 6) is 0.125. The van der Waals surface area contributed by atoms with Crippen LogP contribution in [0.2, 0.25) is 0 Å². The lowest BCUT2D eigenvalue weighted by Gasteiger charge is -2.18. The molecule has 0 atom stereocenters. The number of aliphatic hydroxyl groups is 1. The Morgan fingerprint density at radius 1 is 1.27 bits per heavy atom. The van der Waals surface area contributed by atoms with Crippen LogP contribution in [0.15, 0.2) is 0 Å². The molecule has 1 saturated carbocycles. The number of amides is 1. The van der Waals surface area contributed by atoms with Gasteiger partial charge in [0.2, 0.25) is 5.91 Å². The summed E-state index contributed by atoms with van der Waals surface area (Å²) in [5.41, 5.74) is -0.702. The standard InChI is InChI=1S/C12H23NO2/c1-10(2,15)7-13-9(14)8-11(3,4)12(8,5)6/h8,15H,7H2,1-6H3,(H,13,14). The molecule has 1 aliphatic rings. The third-order valence-electron chi connectivity index (χ3n) is 3.98. The molecule has 0 heterocycles. The molecule has 3 nitrogen and oxygen atoms in total. The molecular formula is C12H23NO2. The summed E-state index contributed by atoms with van der Waals surface area (Å²) in [5, 5.41) is 12.3. The van der Waals surface area contributed by atoms with Crippen molar-refractivity contribution >= 4 is 5.91 Å². The first-order chi connectivity index (χ1) is 6.50. The van der Waals surface area contributed by atoms with E-state index in [1.807, 2.05) is 0 Å². The Morgan fingerprint density at radius 2 is 1.67 bits per heavy atom. The minimum Gasteiger partial charge on any atom is -0.389 e. The van der Waals surface area contributed by atoms with Gasteiger partial charge >= 0.3 is 0 Å². The van der Waals surface area contributed by atoms with Crippen LogP contribution in [-0.4, -0.2) is 23.2 Å². The van der Waals surface area contributed by atoms with Crippen LogP contribution in [0.4, 0.5) is 0 Å². The van der Waals surface area contributed by atoms with Gasteiger partial charge in [-0.05, 0) is 24.7 Å². The topological polar surface area (TPSA) is 49.3 Å². The molecule has 0 aromatic heterocycles. The van der Waals surface area contributed by atoms with Crippen molar-refractivity contribution in [3.8, 4) is 0 Å². The summed E-state index contributed by atoms with van der Waals surface area (Å²) in [6.45, 7) is 12.1. The van der Waals surface area contributed by atoms with Gasteiger partial charge in [-0.1, -0.05) is 27.7 Å². The van der Waals surface area contributed by atoms with E-state index in [1.165, 1.54) is 0 Å². The number of hydrogen-bond acceptors (Lipinski definition) is 2. The zero-order valence-electron chi connectivity index (χ0n) is 10.6. The second-order valence-electron chi connectivity index (χ2n) is 6.41. The van der Waals surface area contributed by atoms with E-state index in [-0.39, 0.29) is 22.7 Å². The summed E-state index contributed by atoms with van der Waals surface area (Å²) in [4.78, 5) is 11.9. The third-order valence-corrected chi connectivity index (χ3v) is 3.98. The van der Waals surface area contributed by atoms with Crippen LogP contribution in [0, 0.1) is 16.7 Å². The van der Waals surface area contributed by atoms with Gasteiger partial charge in [0.1, 0.15) is 0 Å². The lowest BCUT2D eigenvalue weighted by atomic mass is 10.0. The lowest BCUT2D eigenvalue weighted by molar-refractivity contribution is -0.124. The van der Waals surface area contributed by atoms with Crippen molar-refractivity contribution in [3.63, 3.8) is 0 Å². The molecule has 15 heavy (non-hydrogen) atoms. The van der Waals surface area contributed by atoms with E-state index < -0.39 is 5.60 Å². The summed E-state index contributed by atoms with van der Waals surface area (Å²) in [6.07, 6.45) is 0. The molecule has 0 aromatic rings. The predicted molar refractivity (Wildman–Crippen MR) is 60.4 cm³/mol. The molecule has 1 aliphatic carbocycles. The van der Waals surface area contributed by atoms with Crippen LogP contribution < -0.4 is 5.32 Å². The zero-order valence-corrected chi connectivity index (χ0v) is 10.6. The van der Waals surface area contributed by atoms with E-state index in [2.05, 4.69) is 33.0 Å². The van der Waals surface area contributed by atoms with E-state index in [0.717, 1.165) is 0 Å². The van der Waals surface area contributed by atoms with E-state index in [1.54, 1.807) is 13.8 Å². The molecule has 88 valence electrons. The molecule has 0 unspecified atom stereocenters. The SMILES string of the molecule is CC(C)(O)CNC(=O)C1C(C)(C)C1(C)C. The molecule has 0 aliphatic heterocycles. The number of carbonyl (C=O) groups excluding carboxylic acids is 1. The van der Waals surface area contributed by atoms with Crippen LogP contribution in [0.25, 0.3) is 0 Å². The van der Waals surface area contributed by atoms with Crippen molar-refractivity contribution in [2.24, 2.45) is 16.7 Å². The summed E-state index contributed by atoms with van der Waals surface area (Å²) >= 11 is 0. The van der Waals surface area contributed by atoms with Gasteiger partial charge in [-0.3, -0.25) is 4.79 Å². The van der Waals surface area contributed by atoms with Gasteiger partial charge in [0.25, 0.3) is 0 Å². The van der Waals surface area contributed by atoms with Gasteiger partial charge in [-0.2, -0.15) is 0 Å². The minimum atomic E-state index is -0.834. The van der Waals surface area contributed by atoms with Gasteiger partial charge < -0.3 is 10.4 Å². The average molecular weight is 213 g/mol. The molecule has 0 aromatic carbocycles. The molecule has 0 spiro atoms. The van der Waals surface area contributed by atoms with Gasteiger partial charge in [0, 0.05) is 12.5 Å². The number of carbonyl (C=O) groups is 1. The quantitative estimate of drug-likeness (QED) is 0.747. The first-order valence-electron chi connectivity index (χ1n) is 5.50. The molecule has 0 saturated heterocycles. The maximum absolute atomic E-state index is 11.9. The summed E-state index contributed by atoms with van der Waals surface area (Å²) in [7, 11) is 0. The van der Waals surface area contributed by atoms with Crippen molar-refractivity contribution < 1.29 is 9.90 Å². The Bertz CT molecular complexity index is 260. The third kappa shape index (κ3) is 2.17. The first-order valence-corrected chi connectivity index (χ1v) is 5.50. The fraction of sp³-hybridized carbons (Fsp3) is 0.917. The first kappa shape index (κ1) is 12.5. The fourth-order valence-corrected chi connectivity index (χ4v) is 2.26. The Kier molecular flexibility index (Phi) is 2.67. The van der Waals surface area contributed by atoms with Gasteiger partial charge in [0.15, 0.2) is 0 Å². The molecule has 1 fully saturated rings. The van der Waals surface area contributed by atoms with E-state index in [4.69, 9.17) is 0 Å². The van der Waals surface area contributed by atoms with Crippen LogP contribution in [0.5, 0.6) is 0 Å². The van der Waals surface area contributed by atoms with Crippen molar-refractivity contribution in [2.45, 2.75) is 47.1 Å². The molecule has 1 amide bonds. The van der Waals surface area contributed by atoms with Gasteiger partial charge in [-0.15, -0.1) is 0 Å². The maximum atomic E-state index is 11.9. The van der Waals surface area contributed by atoms with Crippen LogP contribution in [0.1, 0.15) is 41.5 Å². The molecule has 1 rings (SSSR count). The van der Waals surface area contributed by atoms with Crippen LogP contribution >= 0.6 is 0 Å². The lowest BCUT2D eigenvalue weighted by Crippen LogP contribution is -2.39. The smallest absolute Gasteiger partial charge is 0.224 e. The molecule has 0 radical (unpaired) electrons. The Balaban J connectivity index is 2.52. The predicted octanol–water partition coefficient (Wildman–Crippen LogP) is 1.56. The van der Waals surface area contributed by atoms with Crippen molar-refractivity contribution in [3.05, 3.63) is 0 Å². The highest BCUT2D eigenvalue weighted by atomic mass is 16.3. The largest absolute Gasteiger partial charge is 0.389 e. The number of hydrogen-bond donors (Lipinski definition) is 2. The number of rotatable bonds is 3. The Hall–Kier alpha value is -0.570. The average Bonchev–Trinajstić information content (AvgIpc) is 2.37. The molecule has 2 N–H and O–H groups in total. The van der Waals surface area contributed by atoms with Crippen molar-refractivity contribution in [1.82, 2.24) is 5.32 Å². The highest BCUT2D eigenvalue weighted by molar-refractivity contribution is 5.84. The Morgan fingerprint density at radius 3 is 1.93 bits per heavy atom.